The van der Waals surface area contributed by atoms with Crippen LogP contribution in [0, 0.1) is 0 Å². The summed E-state index contributed by atoms with van der Waals surface area (Å²) in [5.41, 5.74) is 1.60. The van der Waals surface area contributed by atoms with E-state index in [2.05, 4.69) is 5.32 Å². The molecular formula is C29H22N2O5. The third-order valence-corrected chi connectivity index (χ3v) is 5.66. The number of hydrogen-bond donors (Lipinski definition) is 1. The van der Waals surface area contributed by atoms with Gasteiger partial charge < -0.3 is 19.4 Å². The lowest BCUT2D eigenvalue weighted by atomic mass is 10.1. The second-order valence-corrected chi connectivity index (χ2v) is 8.07. The zero-order chi connectivity index (χ0) is 24.9. The number of esters is 1. The third-order valence-electron chi connectivity index (χ3n) is 5.66. The van der Waals surface area contributed by atoms with E-state index >= 15 is 0 Å². The zero-order valence-electron chi connectivity index (χ0n) is 19.2. The van der Waals surface area contributed by atoms with Gasteiger partial charge in [-0.1, -0.05) is 54.6 Å². The Morgan fingerprint density at radius 1 is 0.722 bits per heavy atom. The van der Waals surface area contributed by atoms with Gasteiger partial charge >= 0.3 is 5.97 Å². The quantitative estimate of drug-likeness (QED) is 0.259. The van der Waals surface area contributed by atoms with E-state index in [0.717, 1.165) is 0 Å². The van der Waals surface area contributed by atoms with Crippen LogP contribution in [0.25, 0.3) is 21.8 Å². The topological polar surface area (TPSA) is 86.6 Å². The Balaban J connectivity index is 1.29. The highest BCUT2D eigenvalue weighted by Crippen LogP contribution is 2.29. The van der Waals surface area contributed by atoms with Crippen molar-refractivity contribution < 1.29 is 19.1 Å². The minimum absolute atomic E-state index is 0.0958. The van der Waals surface area contributed by atoms with Crippen molar-refractivity contribution in [1.82, 2.24) is 4.57 Å². The van der Waals surface area contributed by atoms with Crippen molar-refractivity contribution in [1.29, 1.82) is 0 Å². The van der Waals surface area contributed by atoms with Gasteiger partial charge in [-0.2, -0.15) is 0 Å². The summed E-state index contributed by atoms with van der Waals surface area (Å²) < 4.78 is 12.9. The fraction of sp³-hybridized carbons (Fsp3) is 0.0690. The number of pyridine rings is 1. The third kappa shape index (κ3) is 4.81. The molecule has 0 aliphatic rings. The minimum Gasteiger partial charge on any atom is -0.455 e. The number of carbonyl (C=O) groups is 2. The Morgan fingerprint density at radius 2 is 1.31 bits per heavy atom. The molecular weight excluding hydrogens is 456 g/mol. The van der Waals surface area contributed by atoms with Crippen molar-refractivity contribution in [3.05, 3.63) is 113 Å². The zero-order valence-corrected chi connectivity index (χ0v) is 19.2. The highest BCUT2D eigenvalue weighted by Gasteiger charge is 2.15. The lowest BCUT2D eigenvalue weighted by molar-refractivity contribution is -0.147. The number of nitrogens with zero attached hydrogens (tertiary/aromatic N) is 1. The summed E-state index contributed by atoms with van der Waals surface area (Å²) in [5, 5.41) is 3.75. The maximum atomic E-state index is 12.9. The first-order valence-corrected chi connectivity index (χ1v) is 11.4. The number of nitrogens with one attached hydrogen (secondary N) is 1. The van der Waals surface area contributed by atoms with Crippen LogP contribution in [0.4, 0.5) is 5.69 Å². The molecule has 0 unspecified atom stereocenters. The molecule has 0 bridgehead atoms. The molecule has 1 N–H and O–H groups in total. The van der Waals surface area contributed by atoms with Gasteiger partial charge in [-0.15, -0.1) is 0 Å². The summed E-state index contributed by atoms with van der Waals surface area (Å²) in [6.45, 7) is -0.614. The van der Waals surface area contributed by atoms with E-state index in [1.165, 1.54) is 0 Å². The Hall–Kier alpha value is -4.91. The number of anilines is 1. The van der Waals surface area contributed by atoms with Crippen molar-refractivity contribution in [3.8, 4) is 11.5 Å². The molecule has 0 saturated carbocycles. The van der Waals surface area contributed by atoms with Crippen LogP contribution in [0.3, 0.4) is 0 Å². The number of rotatable bonds is 7. The fourth-order valence-corrected chi connectivity index (χ4v) is 4.03. The van der Waals surface area contributed by atoms with Crippen molar-refractivity contribution in [2.24, 2.45) is 0 Å². The van der Waals surface area contributed by atoms with Crippen molar-refractivity contribution >= 4 is 39.4 Å². The average molecular weight is 479 g/mol. The van der Waals surface area contributed by atoms with Crippen LogP contribution in [-0.4, -0.2) is 23.1 Å². The molecule has 4 aromatic carbocycles. The molecule has 5 aromatic rings. The summed E-state index contributed by atoms with van der Waals surface area (Å²) in [7, 11) is 0. The first-order chi connectivity index (χ1) is 17.6. The highest BCUT2D eigenvalue weighted by atomic mass is 16.5. The van der Waals surface area contributed by atoms with Crippen LogP contribution in [0.2, 0.25) is 0 Å². The molecule has 7 nitrogen and oxygen atoms in total. The van der Waals surface area contributed by atoms with Gasteiger partial charge in [0, 0.05) is 10.8 Å². The summed E-state index contributed by atoms with van der Waals surface area (Å²) in [6, 6.07) is 30.4. The van der Waals surface area contributed by atoms with E-state index in [0.29, 0.717) is 39.0 Å². The lowest BCUT2D eigenvalue weighted by Gasteiger charge is -2.15. The van der Waals surface area contributed by atoms with Gasteiger partial charge in [-0.05, 0) is 48.5 Å². The van der Waals surface area contributed by atoms with Crippen LogP contribution < -0.4 is 15.5 Å². The summed E-state index contributed by atoms with van der Waals surface area (Å²) in [5.74, 6) is 0.000728. The Kier molecular flexibility index (Phi) is 6.44. The van der Waals surface area contributed by atoms with Gasteiger partial charge in [-0.3, -0.25) is 14.4 Å². The fourth-order valence-electron chi connectivity index (χ4n) is 4.03. The summed E-state index contributed by atoms with van der Waals surface area (Å²) in [4.78, 5) is 38.1. The van der Waals surface area contributed by atoms with Crippen molar-refractivity contribution in [3.63, 3.8) is 0 Å². The smallest absolute Gasteiger partial charge is 0.326 e. The molecule has 0 radical (unpaired) electrons. The molecule has 0 saturated heterocycles. The van der Waals surface area contributed by atoms with Gasteiger partial charge in [0.15, 0.2) is 17.8 Å². The van der Waals surface area contributed by atoms with Crippen molar-refractivity contribution in [2.45, 2.75) is 6.54 Å². The maximum Gasteiger partial charge on any atom is 0.326 e. The molecule has 1 aromatic heterocycles. The second-order valence-electron chi connectivity index (χ2n) is 8.07. The van der Waals surface area contributed by atoms with E-state index in [4.69, 9.17) is 9.47 Å². The largest absolute Gasteiger partial charge is 0.455 e. The molecule has 0 atom stereocenters. The normalized spacial score (nSPS) is 10.8. The Bertz CT molecular complexity index is 1570. The van der Waals surface area contributed by atoms with Crippen LogP contribution >= 0.6 is 0 Å². The summed E-state index contributed by atoms with van der Waals surface area (Å²) >= 11 is 0. The Morgan fingerprint density at radius 3 is 2.00 bits per heavy atom. The van der Waals surface area contributed by atoms with E-state index in [1.807, 2.05) is 30.3 Å². The number of benzene rings is 4. The monoisotopic (exact) mass is 478 g/mol. The number of ether oxygens (including phenoxy) is 2. The Labute approximate surface area is 206 Å². The molecule has 0 fully saturated rings. The maximum absolute atomic E-state index is 12.9. The predicted octanol–water partition coefficient (Wildman–Crippen LogP) is 5.13. The number of hydrogen-bond acceptors (Lipinski definition) is 5. The molecule has 0 aliphatic carbocycles. The van der Waals surface area contributed by atoms with Gasteiger partial charge in [0.2, 0.25) is 0 Å². The van der Waals surface area contributed by atoms with Crippen LogP contribution in [0.1, 0.15) is 0 Å². The molecule has 5 rings (SSSR count). The van der Waals surface area contributed by atoms with Gasteiger partial charge in [0.25, 0.3) is 5.91 Å². The average Bonchev–Trinajstić information content (AvgIpc) is 2.91. The van der Waals surface area contributed by atoms with Crippen LogP contribution in [0.5, 0.6) is 11.5 Å². The number of amides is 1. The van der Waals surface area contributed by atoms with E-state index in [-0.39, 0.29) is 12.0 Å². The first kappa shape index (κ1) is 22.9. The molecule has 0 spiro atoms. The number of aromatic nitrogens is 1. The molecule has 7 heteroatoms. The molecule has 178 valence electrons. The standard InChI is InChI=1S/C29H22N2O5/c32-27(30-23-14-6-9-17-26(23)36-20-10-2-1-3-11-20)19-35-28(33)18-31-24-15-7-4-12-21(24)29(34)22-13-5-8-16-25(22)31/h1-17H,18-19H2,(H,30,32). The van der Waals surface area contributed by atoms with E-state index in [9.17, 15) is 14.4 Å². The second kappa shape index (κ2) is 10.1. The first-order valence-electron chi connectivity index (χ1n) is 11.4. The molecule has 1 heterocycles. The van der Waals surface area contributed by atoms with Crippen LogP contribution in [-0.2, 0) is 20.9 Å². The number of fused-ring (bicyclic) bond motifs is 2. The van der Waals surface area contributed by atoms with E-state index in [1.54, 1.807) is 77.4 Å². The predicted molar refractivity (Wildman–Crippen MR) is 138 cm³/mol. The molecule has 0 aliphatic heterocycles. The highest BCUT2D eigenvalue weighted by molar-refractivity contribution is 5.96. The van der Waals surface area contributed by atoms with Crippen molar-refractivity contribution in [2.75, 3.05) is 11.9 Å². The van der Waals surface area contributed by atoms with Gasteiger partial charge in [0.05, 0.1) is 16.7 Å². The SMILES string of the molecule is O=C(COC(=O)Cn1c2ccccc2c(=O)c2ccccc21)Nc1ccccc1Oc1ccccc1. The molecule has 36 heavy (non-hydrogen) atoms. The van der Waals surface area contributed by atoms with Gasteiger partial charge in [-0.25, -0.2) is 0 Å². The number of para-hydroxylation sites is 5. The van der Waals surface area contributed by atoms with Gasteiger partial charge in [0.1, 0.15) is 12.3 Å². The number of carbonyl (C=O) groups excluding carboxylic acids is 2. The molecule has 1 amide bonds. The lowest BCUT2D eigenvalue weighted by Crippen LogP contribution is -2.24. The summed E-state index contributed by atoms with van der Waals surface area (Å²) in [6.07, 6.45) is 0. The minimum atomic E-state index is -0.599. The van der Waals surface area contributed by atoms with Crippen LogP contribution in [0.15, 0.2) is 108 Å². The van der Waals surface area contributed by atoms with E-state index < -0.39 is 18.5 Å².